The predicted octanol–water partition coefficient (Wildman–Crippen LogP) is 3.91. The first-order valence-corrected chi connectivity index (χ1v) is 9.41. The van der Waals surface area contributed by atoms with Crippen molar-refractivity contribution in [3.05, 3.63) is 46.6 Å². The SMILES string of the molecule is Cl.NC1(c2noc(CCC(=O)c3ccc4c(c3)CCCC4)n2)CCCC1. The third-order valence-electron chi connectivity index (χ3n) is 5.65. The molecule has 0 bridgehead atoms. The van der Waals surface area contributed by atoms with E-state index < -0.39 is 5.54 Å². The first-order chi connectivity index (χ1) is 12.1. The number of aryl methyl sites for hydroxylation is 3. The molecule has 0 amide bonds. The van der Waals surface area contributed by atoms with Crippen LogP contribution in [0, 0.1) is 0 Å². The zero-order valence-corrected chi connectivity index (χ0v) is 15.8. The summed E-state index contributed by atoms with van der Waals surface area (Å²) in [6, 6.07) is 6.15. The van der Waals surface area contributed by atoms with Gasteiger partial charge in [0, 0.05) is 18.4 Å². The van der Waals surface area contributed by atoms with Crippen molar-refractivity contribution in [3.8, 4) is 0 Å². The molecule has 2 aromatic rings. The molecule has 1 saturated carbocycles. The van der Waals surface area contributed by atoms with Gasteiger partial charge in [0.25, 0.3) is 0 Å². The van der Waals surface area contributed by atoms with Gasteiger partial charge in [-0.2, -0.15) is 4.98 Å². The highest BCUT2D eigenvalue weighted by Crippen LogP contribution is 2.34. The second kappa shape index (κ2) is 7.89. The maximum atomic E-state index is 12.5. The van der Waals surface area contributed by atoms with Crippen molar-refractivity contribution < 1.29 is 9.32 Å². The Labute approximate surface area is 160 Å². The molecule has 0 unspecified atom stereocenters. The largest absolute Gasteiger partial charge is 0.339 e. The van der Waals surface area contributed by atoms with Gasteiger partial charge in [0.15, 0.2) is 11.6 Å². The molecule has 1 aromatic heterocycles. The van der Waals surface area contributed by atoms with Gasteiger partial charge in [0.2, 0.25) is 5.89 Å². The number of ketones is 1. The maximum Gasteiger partial charge on any atom is 0.227 e. The van der Waals surface area contributed by atoms with Crippen LogP contribution in [0.15, 0.2) is 22.7 Å². The number of Topliss-reactive ketones (excluding diaryl/α,β-unsaturated/α-hetero) is 1. The molecule has 26 heavy (non-hydrogen) atoms. The number of aromatic nitrogens is 2. The number of carbonyl (C=O) groups excluding carboxylic acids is 1. The normalized spacial score (nSPS) is 18.2. The number of rotatable bonds is 5. The summed E-state index contributed by atoms with van der Waals surface area (Å²) in [7, 11) is 0. The van der Waals surface area contributed by atoms with E-state index in [2.05, 4.69) is 22.3 Å². The van der Waals surface area contributed by atoms with E-state index in [0.29, 0.717) is 24.6 Å². The molecule has 0 aliphatic heterocycles. The fourth-order valence-electron chi connectivity index (χ4n) is 4.06. The van der Waals surface area contributed by atoms with Gasteiger partial charge in [-0.3, -0.25) is 4.79 Å². The Morgan fingerprint density at radius 3 is 2.62 bits per heavy atom. The molecular formula is C20H26ClN3O2. The van der Waals surface area contributed by atoms with Gasteiger partial charge >= 0.3 is 0 Å². The van der Waals surface area contributed by atoms with Crippen molar-refractivity contribution in [2.24, 2.45) is 5.73 Å². The molecule has 1 fully saturated rings. The van der Waals surface area contributed by atoms with Gasteiger partial charge in [0.05, 0.1) is 5.54 Å². The standard InChI is InChI=1S/C20H25N3O2.ClH/c21-20(11-3-4-12-20)19-22-18(25-23-19)10-9-17(24)16-8-7-14-5-1-2-6-15(14)13-16;/h7-8,13H,1-6,9-12,21H2;1H. The summed E-state index contributed by atoms with van der Waals surface area (Å²) < 4.78 is 5.33. The molecule has 140 valence electrons. The van der Waals surface area contributed by atoms with E-state index in [1.54, 1.807) is 0 Å². The van der Waals surface area contributed by atoms with Crippen molar-refractivity contribution >= 4 is 18.2 Å². The highest BCUT2D eigenvalue weighted by Gasteiger charge is 2.35. The topological polar surface area (TPSA) is 82.0 Å². The summed E-state index contributed by atoms with van der Waals surface area (Å²) in [6.45, 7) is 0. The number of halogens is 1. The smallest absolute Gasteiger partial charge is 0.227 e. The number of nitrogens with zero attached hydrogens (tertiary/aromatic N) is 2. The van der Waals surface area contributed by atoms with Crippen molar-refractivity contribution in [3.63, 3.8) is 0 Å². The number of nitrogens with two attached hydrogens (primary N) is 1. The Hall–Kier alpha value is -1.72. The van der Waals surface area contributed by atoms with Crippen LogP contribution in [0.4, 0.5) is 0 Å². The second-order valence-electron chi connectivity index (χ2n) is 7.49. The van der Waals surface area contributed by atoms with Gasteiger partial charge in [-0.05, 0) is 55.7 Å². The van der Waals surface area contributed by atoms with Gasteiger partial charge in [0.1, 0.15) is 0 Å². The number of carbonyl (C=O) groups is 1. The molecule has 2 aliphatic carbocycles. The Kier molecular flexibility index (Phi) is 5.78. The van der Waals surface area contributed by atoms with E-state index in [0.717, 1.165) is 44.1 Å². The zero-order chi connectivity index (χ0) is 17.3. The monoisotopic (exact) mass is 375 g/mol. The van der Waals surface area contributed by atoms with Gasteiger partial charge in [-0.15, -0.1) is 12.4 Å². The second-order valence-corrected chi connectivity index (χ2v) is 7.49. The van der Waals surface area contributed by atoms with Crippen LogP contribution >= 0.6 is 12.4 Å². The summed E-state index contributed by atoms with van der Waals surface area (Å²) in [5.74, 6) is 1.25. The summed E-state index contributed by atoms with van der Waals surface area (Å²) in [5, 5.41) is 4.06. The molecule has 0 saturated heterocycles. The van der Waals surface area contributed by atoms with Crippen molar-refractivity contribution in [1.29, 1.82) is 0 Å². The zero-order valence-electron chi connectivity index (χ0n) is 15.0. The molecule has 1 heterocycles. The molecule has 0 radical (unpaired) electrons. The third kappa shape index (κ3) is 3.84. The third-order valence-corrected chi connectivity index (χ3v) is 5.65. The first kappa shape index (κ1) is 19.1. The minimum atomic E-state index is -0.440. The molecule has 5 nitrogen and oxygen atoms in total. The molecule has 6 heteroatoms. The average molecular weight is 376 g/mol. The minimum Gasteiger partial charge on any atom is -0.339 e. The summed E-state index contributed by atoms with van der Waals surface area (Å²) >= 11 is 0. The van der Waals surface area contributed by atoms with E-state index in [-0.39, 0.29) is 18.2 Å². The lowest BCUT2D eigenvalue weighted by atomic mass is 9.89. The summed E-state index contributed by atoms with van der Waals surface area (Å²) in [5.41, 5.74) is 9.44. The van der Waals surface area contributed by atoms with Crippen molar-refractivity contribution in [2.75, 3.05) is 0 Å². The Bertz CT molecular complexity index is 781. The van der Waals surface area contributed by atoms with E-state index in [1.165, 1.54) is 24.0 Å². The molecule has 0 spiro atoms. The predicted molar refractivity (Wildman–Crippen MR) is 102 cm³/mol. The van der Waals surface area contributed by atoms with Crippen molar-refractivity contribution in [2.45, 2.75) is 69.7 Å². The van der Waals surface area contributed by atoms with Crippen LogP contribution in [0.2, 0.25) is 0 Å². The highest BCUT2D eigenvalue weighted by molar-refractivity contribution is 5.96. The first-order valence-electron chi connectivity index (χ1n) is 9.41. The van der Waals surface area contributed by atoms with Gasteiger partial charge in [-0.25, -0.2) is 0 Å². The van der Waals surface area contributed by atoms with Gasteiger partial charge < -0.3 is 10.3 Å². The van der Waals surface area contributed by atoms with Crippen LogP contribution in [-0.2, 0) is 24.8 Å². The maximum absolute atomic E-state index is 12.5. The van der Waals surface area contributed by atoms with Crippen molar-refractivity contribution in [1.82, 2.24) is 10.1 Å². The van der Waals surface area contributed by atoms with Crippen LogP contribution in [-0.4, -0.2) is 15.9 Å². The molecule has 2 N–H and O–H groups in total. The molecule has 1 aromatic carbocycles. The summed E-state index contributed by atoms with van der Waals surface area (Å²) in [4.78, 5) is 17.0. The van der Waals surface area contributed by atoms with E-state index >= 15 is 0 Å². The minimum absolute atomic E-state index is 0. The number of hydrogen-bond acceptors (Lipinski definition) is 5. The van der Waals surface area contributed by atoms with Crippen LogP contribution in [0.3, 0.4) is 0 Å². The lowest BCUT2D eigenvalue weighted by Gasteiger charge is -2.17. The lowest BCUT2D eigenvalue weighted by Crippen LogP contribution is -2.34. The molecule has 4 rings (SSSR count). The van der Waals surface area contributed by atoms with Crippen LogP contribution in [0.5, 0.6) is 0 Å². The number of hydrogen-bond donors (Lipinski definition) is 1. The quantitative estimate of drug-likeness (QED) is 0.801. The van der Waals surface area contributed by atoms with Gasteiger partial charge in [-0.1, -0.05) is 30.1 Å². The van der Waals surface area contributed by atoms with Crippen LogP contribution < -0.4 is 5.73 Å². The fourth-order valence-corrected chi connectivity index (χ4v) is 4.06. The number of fused-ring (bicyclic) bond motifs is 1. The Morgan fingerprint density at radius 2 is 1.85 bits per heavy atom. The lowest BCUT2D eigenvalue weighted by molar-refractivity contribution is 0.0979. The van der Waals surface area contributed by atoms with E-state index in [4.69, 9.17) is 10.3 Å². The highest BCUT2D eigenvalue weighted by atomic mass is 35.5. The van der Waals surface area contributed by atoms with E-state index in [1.807, 2.05) is 6.07 Å². The Morgan fingerprint density at radius 1 is 1.12 bits per heavy atom. The van der Waals surface area contributed by atoms with Crippen LogP contribution in [0.1, 0.15) is 78.1 Å². The number of benzene rings is 1. The van der Waals surface area contributed by atoms with Crippen LogP contribution in [0.25, 0.3) is 0 Å². The molecular weight excluding hydrogens is 350 g/mol. The fraction of sp³-hybridized carbons (Fsp3) is 0.550. The summed E-state index contributed by atoms with van der Waals surface area (Å²) in [6.07, 6.45) is 9.57. The molecule has 2 aliphatic rings. The average Bonchev–Trinajstić information content (AvgIpc) is 3.29. The van der Waals surface area contributed by atoms with E-state index in [9.17, 15) is 4.79 Å². The Balaban J connectivity index is 0.00000196. The molecule has 0 atom stereocenters.